The van der Waals surface area contributed by atoms with E-state index < -0.39 is 11.5 Å². The molecule has 9 heteroatoms. The first-order chi connectivity index (χ1) is 12.3. The van der Waals surface area contributed by atoms with E-state index in [1.807, 2.05) is 0 Å². The summed E-state index contributed by atoms with van der Waals surface area (Å²) in [4.78, 5) is 49.4. The molecule has 1 aromatic rings. The summed E-state index contributed by atoms with van der Waals surface area (Å²) in [5, 5.41) is 20.0. The fourth-order valence-electron chi connectivity index (χ4n) is 3.58. The Bertz CT molecular complexity index is 746. The van der Waals surface area contributed by atoms with Crippen LogP contribution in [0.15, 0.2) is 16.9 Å². The van der Waals surface area contributed by atoms with Crippen molar-refractivity contribution in [2.75, 3.05) is 19.6 Å². The number of H-pyrrole nitrogens is 1. The van der Waals surface area contributed by atoms with Crippen molar-refractivity contribution in [3.63, 3.8) is 0 Å². The van der Waals surface area contributed by atoms with Crippen LogP contribution in [0.25, 0.3) is 0 Å². The summed E-state index contributed by atoms with van der Waals surface area (Å²) < 4.78 is 0. The molecule has 9 nitrogen and oxygen atoms in total. The van der Waals surface area contributed by atoms with E-state index in [9.17, 15) is 19.5 Å². The topological polar surface area (TPSA) is 140 Å². The van der Waals surface area contributed by atoms with Gasteiger partial charge in [-0.1, -0.05) is 0 Å². The summed E-state index contributed by atoms with van der Waals surface area (Å²) in [6, 6.07) is 2.70. The van der Waals surface area contributed by atoms with Gasteiger partial charge in [0.05, 0.1) is 11.5 Å². The molecule has 0 aliphatic carbocycles. The van der Waals surface area contributed by atoms with Crippen LogP contribution in [0.4, 0.5) is 0 Å². The van der Waals surface area contributed by atoms with Crippen LogP contribution >= 0.6 is 0 Å². The number of aliphatic hydroxyl groups is 1. The molecule has 0 aromatic carbocycles. The highest BCUT2D eigenvalue weighted by Crippen LogP contribution is 2.37. The van der Waals surface area contributed by atoms with Crippen LogP contribution in [0.1, 0.15) is 35.4 Å². The molecule has 0 unspecified atom stereocenters. The molecule has 0 bridgehead atoms. The van der Waals surface area contributed by atoms with E-state index >= 15 is 0 Å². The van der Waals surface area contributed by atoms with Crippen molar-refractivity contribution in [2.45, 2.75) is 32.3 Å². The van der Waals surface area contributed by atoms with Crippen LogP contribution < -0.4 is 10.7 Å². The Morgan fingerprint density at radius 3 is 2.69 bits per heavy atom. The highest BCUT2D eigenvalue weighted by Gasteiger charge is 2.50. The Labute approximate surface area is 150 Å². The number of hydrogen-bond donors (Lipinski definition) is 4. The zero-order chi connectivity index (χ0) is 19.3. The molecule has 2 aliphatic rings. The van der Waals surface area contributed by atoms with Crippen molar-refractivity contribution in [3.05, 3.63) is 33.7 Å². The molecule has 3 heterocycles. The van der Waals surface area contributed by atoms with Crippen molar-refractivity contribution >= 4 is 18.3 Å². The number of carbonyl (C=O) groups excluding carboxylic acids is 2. The van der Waals surface area contributed by atoms with E-state index in [0.29, 0.717) is 31.6 Å². The van der Waals surface area contributed by atoms with Crippen LogP contribution in [0.3, 0.4) is 0 Å². The van der Waals surface area contributed by atoms with Crippen molar-refractivity contribution in [1.82, 2.24) is 15.2 Å². The zero-order valence-electron chi connectivity index (χ0n) is 14.5. The molecule has 2 amide bonds. The lowest BCUT2D eigenvalue weighted by atomic mass is 9.71. The molecule has 2 saturated heterocycles. The lowest BCUT2D eigenvalue weighted by Gasteiger charge is -2.46. The van der Waals surface area contributed by atoms with Gasteiger partial charge in [-0.05, 0) is 26.2 Å². The molecule has 4 N–H and O–H groups in total. The monoisotopic (exact) mass is 365 g/mol. The maximum absolute atomic E-state index is 12.7. The van der Waals surface area contributed by atoms with Gasteiger partial charge in [-0.2, -0.15) is 0 Å². The number of aliphatic hydroxyl groups excluding tert-OH is 1. The van der Waals surface area contributed by atoms with Crippen LogP contribution in [0.5, 0.6) is 0 Å². The number of nitrogens with one attached hydrogen (secondary N) is 2. The summed E-state index contributed by atoms with van der Waals surface area (Å²) in [7, 11) is 0. The van der Waals surface area contributed by atoms with E-state index in [0.717, 1.165) is 6.42 Å². The standard InChI is InChI=1S/C16H21N3O4.CH2O2/c1-10-7-11(20)8-12(18-10)14(22)19-6-3-13(21)16(9-19)4-2-5-17-15(16)23;2-1-3/h7-8,13,21H,2-6,9H2,1H3,(H,17,23)(H,18,20);1H,(H,2,3)/t13-,16+;/m0./s1. The number of pyridine rings is 1. The van der Waals surface area contributed by atoms with E-state index in [1.165, 1.54) is 12.1 Å². The van der Waals surface area contributed by atoms with Crippen molar-refractivity contribution in [2.24, 2.45) is 5.41 Å². The van der Waals surface area contributed by atoms with Gasteiger partial charge in [0.25, 0.3) is 12.4 Å². The summed E-state index contributed by atoms with van der Waals surface area (Å²) in [6.45, 7) is 2.61. The van der Waals surface area contributed by atoms with E-state index in [-0.39, 0.29) is 36.0 Å². The minimum Gasteiger partial charge on any atom is -0.483 e. The van der Waals surface area contributed by atoms with E-state index in [2.05, 4.69) is 10.3 Å². The molecule has 0 saturated carbocycles. The smallest absolute Gasteiger partial charge is 0.290 e. The SMILES string of the molecule is Cc1cc(=O)cc(C(=O)N2CC[C@H](O)[C@@]3(CCCNC3=O)C2)[nH]1.O=CO. The Morgan fingerprint density at radius 1 is 1.38 bits per heavy atom. The number of nitrogens with zero attached hydrogens (tertiary/aromatic N) is 1. The second-order valence-electron chi connectivity index (χ2n) is 6.56. The van der Waals surface area contributed by atoms with Crippen LogP contribution in [0, 0.1) is 12.3 Å². The Balaban J connectivity index is 0.000000758. The molecule has 2 aliphatic heterocycles. The fraction of sp³-hybridized carbons (Fsp3) is 0.529. The van der Waals surface area contributed by atoms with Gasteiger partial charge in [-0.25, -0.2) is 0 Å². The maximum Gasteiger partial charge on any atom is 0.290 e. The van der Waals surface area contributed by atoms with Gasteiger partial charge in [0.1, 0.15) is 5.69 Å². The number of piperidine rings is 2. The number of hydrogen-bond acceptors (Lipinski definition) is 5. The van der Waals surface area contributed by atoms with Crippen LogP contribution in [-0.4, -0.2) is 64.1 Å². The molecule has 142 valence electrons. The van der Waals surface area contributed by atoms with Crippen LogP contribution in [-0.2, 0) is 9.59 Å². The fourth-order valence-corrected chi connectivity index (χ4v) is 3.58. The summed E-state index contributed by atoms with van der Waals surface area (Å²) in [5.41, 5.74) is -0.330. The molecular formula is C17H23N3O6. The van der Waals surface area contributed by atoms with Gasteiger partial charge in [0.15, 0.2) is 5.43 Å². The van der Waals surface area contributed by atoms with Gasteiger partial charge in [-0.3, -0.25) is 19.2 Å². The van der Waals surface area contributed by atoms with Gasteiger partial charge < -0.3 is 25.4 Å². The zero-order valence-corrected chi connectivity index (χ0v) is 14.5. The first-order valence-corrected chi connectivity index (χ1v) is 8.38. The Morgan fingerprint density at radius 2 is 2.08 bits per heavy atom. The number of aryl methyl sites for hydroxylation is 1. The Hall–Kier alpha value is -2.68. The molecule has 2 atom stereocenters. The third kappa shape index (κ3) is 3.93. The predicted molar refractivity (Wildman–Crippen MR) is 91.7 cm³/mol. The van der Waals surface area contributed by atoms with E-state index in [4.69, 9.17) is 9.90 Å². The minimum absolute atomic E-state index is 0.175. The summed E-state index contributed by atoms with van der Waals surface area (Å²) >= 11 is 0. The second-order valence-corrected chi connectivity index (χ2v) is 6.56. The highest BCUT2D eigenvalue weighted by atomic mass is 16.3. The van der Waals surface area contributed by atoms with Gasteiger partial charge in [0, 0.05) is 37.5 Å². The third-order valence-corrected chi connectivity index (χ3v) is 4.82. The molecule has 3 rings (SSSR count). The normalized spacial score (nSPS) is 25.1. The number of rotatable bonds is 1. The molecule has 1 aromatic heterocycles. The maximum atomic E-state index is 12.7. The lowest BCUT2D eigenvalue weighted by molar-refractivity contribution is -0.147. The molecular weight excluding hydrogens is 342 g/mol. The Kier molecular flexibility index (Phi) is 6.14. The number of carboxylic acid groups (broad SMARTS) is 1. The number of aromatic amines is 1. The molecule has 1 spiro atoms. The van der Waals surface area contributed by atoms with Crippen molar-refractivity contribution < 1.29 is 24.6 Å². The van der Waals surface area contributed by atoms with Gasteiger partial charge in [0.2, 0.25) is 5.91 Å². The van der Waals surface area contributed by atoms with E-state index in [1.54, 1.807) is 11.8 Å². The number of likely N-dealkylation sites (tertiary alicyclic amines) is 1. The minimum atomic E-state index is -0.934. The molecule has 0 radical (unpaired) electrons. The van der Waals surface area contributed by atoms with Gasteiger partial charge in [-0.15, -0.1) is 0 Å². The largest absolute Gasteiger partial charge is 0.483 e. The summed E-state index contributed by atoms with van der Waals surface area (Å²) in [5.74, 6) is -0.498. The number of amides is 2. The van der Waals surface area contributed by atoms with Crippen molar-refractivity contribution in [1.29, 1.82) is 0 Å². The van der Waals surface area contributed by atoms with Crippen LogP contribution in [0.2, 0.25) is 0 Å². The first-order valence-electron chi connectivity index (χ1n) is 8.38. The second kappa shape index (κ2) is 8.13. The molecule has 2 fully saturated rings. The molecule has 26 heavy (non-hydrogen) atoms. The highest BCUT2D eigenvalue weighted by molar-refractivity contribution is 5.93. The first kappa shape index (κ1) is 19.6. The predicted octanol–water partition coefficient (Wildman–Crippen LogP) is -0.513. The lowest BCUT2D eigenvalue weighted by Crippen LogP contribution is -2.62. The number of aromatic nitrogens is 1. The summed E-state index contributed by atoms with van der Waals surface area (Å²) in [6.07, 6.45) is 0.957. The quantitative estimate of drug-likeness (QED) is 0.494. The van der Waals surface area contributed by atoms with Gasteiger partial charge >= 0.3 is 0 Å². The third-order valence-electron chi connectivity index (χ3n) is 4.82. The number of carbonyl (C=O) groups is 3. The van der Waals surface area contributed by atoms with Crippen molar-refractivity contribution in [3.8, 4) is 0 Å². The average Bonchev–Trinajstić information content (AvgIpc) is 2.59. The average molecular weight is 365 g/mol.